The fraction of sp³-hybridized carbons (Fsp3) is 0.286. The summed E-state index contributed by atoms with van der Waals surface area (Å²) in [5, 5.41) is 8.60. The van der Waals surface area contributed by atoms with Gasteiger partial charge in [0.15, 0.2) is 5.13 Å². The monoisotopic (exact) mass is 275 g/mol. The van der Waals surface area contributed by atoms with E-state index in [2.05, 4.69) is 22.5 Å². The number of amides is 1. The average Bonchev–Trinajstić information content (AvgIpc) is 2.92. The van der Waals surface area contributed by atoms with E-state index in [9.17, 15) is 4.79 Å². The van der Waals surface area contributed by atoms with Gasteiger partial charge in [0.1, 0.15) is 0 Å². The van der Waals surface area contributed by atoms with Crippen molar-refractivity contribution in [2.45, 2.75) is 20.3 Å². The van der Waals surface area contributed by atoms with Crippen LogP contribution < -0.4 is 10.6 Å². The Balaban J connectivity index is 1.99. The second-order valence-corrected chi connectivity index (χ2v) is 5.10. The molecule has 0 atom stereocenters. The predicted octanol–water partition coefficient (Wildman–Crippen LogP) is 3.06. The van der Waals surface area contributed by atoms with E-state index in [0.29, 0.717) is 0 Å². The largest absolute Gasteiger partial charge is 0.352 e. The lowest BCUT2D eigenvalue weighted by molar-refractivity contribution is -0.114. The zero-order valence-corrected chi connectivity index (χ0v) is 11.9. The second-order valence-electron chi connectivity index (χ2n) is 4.20. The van der Waals surface area contributed by atoms with Crippen LogP contribution in [0.25, 0.3) is 0 Å². The Morgan fingerprint density at radius 3 is 2.95 bits per heavy atom. The van der Waals surface area contributed by atoms with Crippen molar-refractivity contribution >= 4 is 28.1 Å². The lowest BCUT2D eigenvalue weighted by atomic mass is 10.1. The van der Waals surface area contributed by atoms with Crippen molar-refractivity contribution < 1.29 is 4.79 Å². The Labute approximate surface area is 116 Å². The molecule has 2 N–H and O–H groups in total. The number of aromatic nitrogens is 1. The summed E-state index contributed by atoms with van der Waals surface area (Å²) >= 11 is 1.48. The Morgan fingerprint density at radius 2 is 2.26 bits per heavy atom. The number of nitrogens with zero attached hydrogens (tertiary/aromatic N) is 1. The molecule has 1 amide bonds. The molecular formula is C14H17N3OS. The van der Waals surface area contributed by atoms with Gasteiger partial charge >= 0.3 is 0 Å². The molecule has 1 heterocycles. The molecule has 100 valence electrons. The van der Waals surface area contributed by atoms with Gasteiger partial charge in [-0.15, -0.1) is 11.3 Å². The maximum atomic E-state index is 11.9. The van der Waals surface area contributed by atoms with E-state index >= 15 is 0 Å². The minimum Gasteiger partial charge on any atom is -0.352 e. The normalized spacial score (nSPS) is 10.2. The summed E-state index contributed by atoms with van der Waals surface area (Å²) in [6, 6.07) is 6.05. The molecular weight excluding hydrogens is 258 g/mol. The van der Waals surface area contributed by atoms with Crippen LogP contribution in [0.5, 0.6) is 0 Å². The molecule has 0 bridgehead atoms. The van der Waals surface area contributed by atoms with Crippen LogP contribution in [0.4, 0.5) is 10.8 Å². The van der Waals surface area contributed by atoms with E-state index in [0.717, 1.165) is 28.4 Å². The Morgan fingerprint density at radius 1 is 1.42 bits per heavy atom. The van der Waals surface area contributed by atoms with Crippen LogP contribution in [0.3, 0.4) is 0 Å². The van der Waals surface area contributed by atoms with Gasteiger partial charge in [-0.05, 0) is 24.5 Å². The zero-order chi connectivity index (χ0) is 13.7. The van der Waals surface area contributed by atoms with Crippen LogP contribution in [0.2, 0.25) is 0 Å². The van der Waals surface area contributed by atoms with Crippen LogP contribution >= 0.6 is 11.3 Å². The van der Waals surface area contributed by atoms with E-state index in [1.807, 2.05) is 30.5 Å². The summed E-state index contributed by atoms with van der Waals surface area (Å²) in [6.07, 6.45) is 2.61. The number of hydrogen-bond donors (Lipinski definition) is 2. The van der Waals surface area contributed by atoms with Crippen molar-refractivity contribution in [3.05, 3.63) is 40.9 Å². The van der Waals surface area contributed by atoms with Crippen LogP contribution in [-0.4, -0.2) is 17.4 Å². The van der Waals surface area contributed by atoms with Crippen LogP contribution in [0.15, 0.2) is 29.8 Å². The van der Waals surface area contributed by atoms with Gasteiger partial charge in [0.05, 0.1) is 6.54 Å². The number of benzene rings is 1. The van der Waals surface area contributed by atoms with Gasteiger partial charge in [-0.2, -0.15) is 0 Å². The molecule has 0 saturated carbocycles. The quantitative estimate of drug-likeness (QED) is 0.881. The molecule has 0 spiro atoms. The van der Waals surface area contributed by atoms with Crippen LogP contribution in [-0.2, 0) is 11.2 Å². The van der Waals surface area contributed by atoms with Gasteiger partial charge in [-0.1, -0.05) is 25.1 Å². The lowest BCUT2D eigenvalue weighted by Gasteiger charge is -2.13. The topological polar surface area (TPSA) is 54.0 Å². The summed E-state index contributed by atoms with van der Waals surface area (Å²) < 4.78 is 0. The number of nitrogens with one attached hydrogen (secondary N) is 2. The summed E-state index contributed by atoms with van der Waals surface area (Å²) in [7, 11) is 0. The molecule has 0 fully saturated rings. The van der Waals surface area contributed by atoms with E-state index in [4.69, 9.17) is 0 Å². The number of hydrogen-bond acceptors (Lipinski definition) is 4. The fourth-order valence-corrected chi connectivity index (χ4v) is 2.38. The van der Waals surface area contributed by atoms with Gasteiger partial charge in [-0.3, -0.25) is 4.79 Å². The number of para-hydroxylation sites is 1. The second kappa shape index (κ2) is 6.33. The molecule has 0 aliphatic rings. The number of carbonyl (C=O) groups excluding carboxylic acids is 1. The van der Waals surface area contributed by atoms with Crippen molar-refractivity contribution in [1.29, 1.82) is 0 Å². The highest BCUT2D eigenvalue weighted by atomic mass is 32.1. The summed E-state index contributed by atoms with van der Waals surface area (Å²) in [4.78, 5) is 16.0. The molecule has 19 heavy (non-hydrogen) atoms. The molecule has 1 aromatic heterocycles. The third-order valence-corrected chi connectivity index (χ3v) is 3.57. The first-order valence-electron chi connectivity index (χ1n) is 6.22. The van der Waals surface area contributed by atoms with Crippen molar-refractivity contribution in [2.75, 3.05) is 17.2 Å². The first-order chi connectivity index (χ1) is 9.20. The molecule has 0 aliphatic carbocycles. The third kappa shape index (κ3) is 3.54. The Kier molecular flexibility index (Phi) is 4.52. The van der Waals surface area contributed by atoms with Gasteiger partial charge < -0.3 is 10.6 Å². The average molecular weight is 275 g/mol. The molecule has 2 rings (SSSR count). The number of carbonyl (C=O) groups is 1. The first kappa shape index (κ1) is 13.5. The van der Waals surface area contributed by atoms with Gasteiger partial charge in [0.25, 0.3) is 0 Å². The standard InChI is InChI=1S/C14H17N3OS/c1-3-11-6-4-5-10(2)13(11)17-12(18)9-16-14-15-7-8-19-14/h4-8H,3,9H2,1-2H3,(H,15,16)(H,17,18). The number of thiazole rings is 1. The van der Waals surface area contributed by atoms with Crippen molar-refractivity contribution in [1.82, 2.24) is 4.98 Å². The minimum absolute atomic E-state index is 0.0563. The molecule has 5 heteroatoms. The SMILES string of the molecule is CCc1cccc(C)c1NC(=O)CNc1nccs1. The Hall–Kier alpha value is -1.88. The van der Waals surface area contributed by atoms with E-state index in [-0.39, 0.29) is 12.5 Å². The Bertz CT molecular complexity index is 552. The molecule has 0 aliphatic heterocycles. The zero-order valence-electron chi connectivity index (χ0n) is 11.1. The highest BCUT2D eigenvalue weighted by molar-refractivity contribution is 7.13. The maximum absolute atomic E-state index is 11.9. The van der Waals surface area contributed by atoms with Gasteiger partial charge in [0, 0.05) is 17.3 Å². The number of aryl methyl sites for hydroxylation is 2. The summed E-state index contributed by atoms with van der Waals surface area (Å²) in [6.45, 7) is 4.31. The molecule has 0 unspecified atom stereocenters. The summed E-state index contributed by atoms with van der Waals surface area (Å²) in [5.74, 6) is -0.0563. The van der Waals surface area contributed by atoms with E-state index in [1.54, 1.807) is 6.20 Å². The van der Waals surface area contributed by atoms with Crippen LogP contribution in [0.1, 0.15) is 18.1 Å². The molecule has 0 saturated heterocycles. The molecule has 4 nitrogen and oxygen atoms in total. The molecule has 2 aromatic rings. The lowest BCUT2D eigenvalue weighted by Crippen LogP contribution is -2.22. The van der Waals surface area contributed by atoms with E-state index < -0.39 is 0 Å². The highest BCUT2D eigenvalue weighted by Gasteiger charge is 2.08. The van der Waals surface area contributed by atoms with Gasteiger partial charge in [-0.25, -0.2) is 4.98 Å². The van der Waals surface area contributed by atoms with Crippen molar-refractivity contribution in [3.63, 3.8) is 0 Å². The smallest absolute Gasteiger partial charge is 0.243 e. The molecule has 1 aromatic carbocycles. The van der Waals surface area contributed by atoms with Gasteiger partial charge in [0.2, 0.25) is 5.91 Å². The predicted molar refractivity (Wildman–Crippen MR) is 79.8 cm³/mol. The van der Waals surface area contributed by atoms with E-state index in [1.165, 1.54) is 11.3 Å². The summed E-state index contributed by atoms with van der Waals surface area (Å²) in [5.41, 5.74) is 3.17. The highest BCUT2D eigenvalue weighted by Crippen LogP contribution is 2.21. The van der Waals surface area contributed by atoms with Crippen molar-refractivity contribution in [2.24, 2.45) is 0 Å². The maximum Gasteiger partial charge on any atom is 0.243 e. The first-order valence-corrected chi connectivity index (χ1v) is 7.10. The number of rotatable bonds is 5. The minimum atomic E-state index is -0.0563. The fourth-order valence-electron chi connectivity index (χ4n) is 1.85. The number of anilines is 2. The van der Waals surface area contributed by atoms with Crippen LogP contribution in [0, 0.1) is 6.92 Å². The van der Waals surface area contributed by atoms with Crippen molar-refractivity contribution in [3.8, 4) is 0 Å². The third-order valence-electron chi connectivity index (χ3n) is 2.84. The molecule has 0 radical (unpaired) electrons.